The highest BCUT2D eigenvalue weighted by Gasteiger charge is 2.28. The molecule has 0 fully saturated rings. The van der Waals surface area contributed by atoms with Crippen LogP contribution in [0.1, 0.15) is 28.2 Å². The smallest absolute Gasteiger partial charge is 0.254 e. The summed E-state index contributed by atoms with van der Waals surface area (Å²) in [6, 6.07) is 0. The van der Waals surface area contributed by atoms with Crippen molar-refractivity contribution in [2.24, 2.45) is 0 Å². The maximum absolute atomic E-state index is 12.4. The molecule has 2 aliphatic rings. The second-order valence-corrected chi connectivity index (χ2v) is 4.53. The molecular formula is C14H13N3O2. The van der Waals surface area contributed by atoms with E-state index in [-0.39, 0.29) is 5.91 Å². The molecule has 5 heteroatoms. The van der Waals surface area contributed by atoms with Crippen LogP contribution in [0.15, 0.2) is 36.0 Å². The first-order valence-corrected chi connectivity index (χ1v) is 6.13. The van der Waals surface area contributed by atoms with E-state index in [4.69, 9.17) is 0 Å². The van der Waals surface area contributed by atoms with Crippen LogP contribution in [0.2, 0.25) is 0 Å². The lowest BCUT2D eigenvalue weighted by Crippen LogP contribution is -2.26. The number of allylic oxidation sites excluding steroid dienone is 4. The summed E-state index contributed by atoms with van der Waals surface area (Å²) in [5.41, 5.74) is 2.75. The lowest BCUT2D eigenvalue weighted by molar-refractivity contribution is -0.127. The molecular weight excluding hydrogens is 242 g/mol. The Morgan fingerprint density at radius 3 is 3.11 bits per heavy atom. The number of H-pyrrole nitrogens is 1. The van der Waals surface area contributed by atoms with Crippen molar-refractivity contribution in [2.75, 3.05) is 0 Å². The summed E-state index contributed by atoms with van der Waals surface area (Å²) in [5.74, 6) is -0.0238. The third-order valence-corrected chi connectivity index (χ3v) is 3.31. The Labute approximate surface area is 110 Å². The fourth-order valence-electron chi connectivity index (χ4n) is 2.31. The largest absolute Gasteiger partial charge is 0.328 e. The average molecular weight is 255 g/mol. The molecule has 0 spiro atoms. The van der Waals surface area contributed by atoms with E-state index in [0.29, 0.717) is 24.4 Å². The highest BCUT2D eigenvalue weighted by molar-refractivity contribution is 5.97. The van der Waals surface area contributed by atoms with Crippen LogP contribution in [0.5, 0.6) is 0 Å². The summed E-state index contributed by atoms with van der Waals surface area (Å²) in [7, 11) is 0. The van der Waals surface area contributed by atoms with Crippen LogP contribution in [0.3, 0.4) is 0 Å². The van der Waals surface area contributed by atoms with Crippen molar-refractivity contribution >= 4 is 12.2 Å². The third-order valence-electron chi connectivity index (χ3n) is 3.31. The predicted octanol–water partition coefficient (Wildman–Crippen LogP) is 1.51. The number of aromatic nitrogens is 2. The average Bonchev–Trinajstić information content (AvgIpc) is 2.88. The summed E-state index contributed by atoms with van der Waals surface area (Å²) in [4.78, 5) is 24.9. The fourth-order valence-corrected chi connectivity index (χ4v) is 2.31. The second-order valence-electron chi connectivity index (χ2n) is 4.53. The van der Waals surface area contributed by atoms with Crippen molar-refractivity contribution in [3.8, 4) is 0 Å². The van der Waals surface area contributed by atoms with Crippen LogP contribution in [0.4, 0.5) is 0 Å². The number of carbonyl (C=O) groups is 2. The molecule has 0 bridgehead atoms. The van der Waals surface area contributed by atoms with E-state index in [1.54, 1.807) is 4.90 Å². The van der Waals surface area contributed by atoms with Crippen molar-refractivity contribution in [2.45, 2.75) is 19.5 Å². The fraction of sp³-hybridized carbons (Fsp3) is 0.214. The molecule has 0 aromatic carbocycles. The molecule has 1 aliphatic heterocycles. The van der Waals surface area contributed by atoms with Gasteiger partial charge in [0.1, 0.15) is 5.69 Å². The van der Waals surface area contributed by atoms with E-state index in [1.165, 1.54) is 0 Å². The summed E-state index contributed by atoms with van der Waals surface area (Å²) in [5, 5.41) is 6.72. The summed E-state index contributed by atoms with van der Waals surface area (Å²) in [6.07, 6.45) is 11.1. The van der Waals surface area contributed by atoms with Crippen molar-refractivity contribution < 1.29 is 9.59 Å². The molecule has 1 aliphatic carbocycles. The van der Waals surface area contributed by atoms with Gasteiger partial charge >= 0.3 is 0 Å². The minimum Gasteiger partial charge on any atom is -0.328 e. The zero-order valence-electron chi connectivity index (χ0n) is 10.3. The second kappa shape index (κ2) is 4.68. The topological polar surface area (TPSA) is 66.1 Å². The minimum absolute atomic E-state index is 0.0238. The molecule has 1 amide bonds. The molecule has 1 N–H and O–H groups in total. The Bertz CT molecular complexity index is 623. The molecule has 19 heavy (non-hydrogen) atoms. The Hall–Kier alpha value is -2.43. The van der Waals surface area contributed by atoms with Crippen molar-refractivity contribution in [3.63, 3.8) is 0 Å². The van der Waals surface area contributed by atoms with E-state index in [9.17, 15) is 9.59 Å². The summed E-state index contributed by atoms with van der Waals surface area (Å²) in [6.45, 7) is 0.914. The SMILES string of the molecule is O=Cc1n[nH]c2c1CN(C(=O)C1=CC=CCC=C1)C2. The number of carbonyl (C=O) groups excluding carboxylic acids is 2. The highest BCUT2D eigenvalue weighted by atomic mass is 16.2. The van der Waals surface area contributed by atoms with E-state index in [0.717, 1.165) is 24.0 Å². The summed E-state index contributed by atoms with van der Waals surface area (Å²) >= 11 is 0. The van der Waals surface area contributed by atoms with Gasteiger partial charge in [-0.3, -0.25) is 14.7 Å². The van der Waals surface area contributed by atoms with Gasteiger partial charge in [-0.05, 0) is 12.5 Å². The number of aldehydes is 1. The third kappa shape index (κ3) is 2.03. The molecule has 0 radical (unpaired) electrons. The Morgan fingerprint density at radius 2 is 2.26 bits per heavy atom. The maximum atomic E-state index is 12.4. The Morgan fingerprint density at radius 1 is 1.37 bits per heavy atom. The maximum Gasteiger partial charge on any atom is 0.254 e. The van der Waals surface area contributed by atoms with Gasteiger partial charge in [-0.2, -0.15) is 5.10 Å². The first-order chi connectivity index (χ1) is 9.29. The van der Waals surface area contributed by atoms with Crippen LogP contribution in [-0.4, -0.2) is 27.3 Å². The lowest BCUT2D eigenvalue weighted by Gasteiger charge is -2.15. The monoisotopic (exact) mass is 255 g/mol. The Kier molecular flexibility index (Phi) is 2.87. The summed E-state index contributed by atoms with van der Waals surface area (Å²) < 4.78 is 0. The predicted molar refractivity (Wildman–Crippen MR) is 69.2 cm³/mol. The quantitative estimate of drug-likeness (QED) is 0.814. The van der Waals surface area contributed by atoms with Gasteiger partial charge in [0.25, 0.3) is 5.91 Å². The van der Waals surface area contributed by atoms with Gasteiger partial charge in [0.15, 0.2) is 6.29 Å². The van der Waals surface area contributed by atoms with Gasteiger partial charge in [0, 0.05) is 11.1 Å². The van der Waals surface area contributed by atoms with Crippen LogP contribution >= 0.6 is 0 Å². The zero-order valence-corrected chi connectivity index (χ0v) is 10.3. The number of aromatic amines is 1. The molecule has 5 nitrogen and oxygen atoms in total. The van der Waals surface area contributed by atoms with Crippen LogP contribution < -0.4 is 0 Å². The Balaban J connectivity index is 1.81. The number of rotatable bonds is 2. The molecule has 0 saturated carbocycles. The molecule has 1 aromatic heterocycles. The molecule has 3 rings (SSSR count). The van der Waals surface area contributed by atoms with Gasteiger partial charge in [0.2, 0.25) is 0 Å². The zero-order chi connectivity index (χ0) is 13.2. The van der Waals surface area contributed by atoms with Gasteiger partial charge in [-0.1, -0.05) is 24.3 Å². The number of nitrogens with zero attached hydrogens (tertiary/aromatic N) is 2. The van der Waals surface area contributed by atoms with E-state index < -0.39 is 0 Å². The first kappa shape index (κ1) is 11.6. The minimum atomic E-state index is -0.0238. The number of hydrogen-bond donors (Lipinski definition) is 1. The lowest BCUT2D eigenvalue weighted by atomic mass is 10.2. The van der Waals surface area contributed by atoms with Crippen LogP contribution in [-0.2, 0) is 17.9 Å². The van der Waals surface area contributed by atoms with Crippen molar-refractivity contribution in [3.05, 3.63) is 52.9 Å². The van der Waals surface area contributed by atoms with E-state index >= 15 is 0 Å². The van der Waals surface area contributed by atoms with Gasteiger partial charge in [0.05, 0.1) is 18.8 Å². The van der Waals surface area contributed by atoms with E-state index in [1.807, 2.05) is 30.4 Å². The van der Waals surface area contributed by atoms with Crippen molar-refractivity contribution in [1.82, 2.24) is 15.1 Å². The normalized spacial score (nSPS) is 17.1. The number of amides is 1. The van der Waals surface area contributed by atoms with Gasteiger partial charge in [-0.25, -0.2) is 0 Å². The van der Waals surface area contributed by atoms with Gasteiger partial charge < -0.3 is 4.90 Å². The molecule has 0 unspecified atom stereocenters. The van der Waals surface area contributed by atoms with E-state index in [2.05, 4.69) is 10.2 Å². The van der Waals surface area contributed by atoms with Gasteiger partial charge in [-0.15, -0.1) is 0 Å². The molecule has 2 heterocycles. The highest BCUT2D eigenvalue weighted by Crippen LogP contribution is 2.24. The molecule has 1 aromatic rings. The molecule has 96 valence electrons. The van der Waals surface area contributed by atoms with Crippen LogP contribution in [0, 0.1) is 0 Å². The molecule has 0 atom stereocenters. The standard InChI is InChI=1S/C14H13N3O2/c18-9-13-11-7-17(8-12(11)15-16-13)14(19)10-5-3-1-2-4-6-10/h1,3-6,9H,2,7-8H2,(H,15,16). The number of nitrogens with one attached hydrogen (secondary N) is 1. The number of hydrogen-bond acceptors (Lipinski definition) is 3. The first-order valence-electron chi connectivity index (χ1n) is 6.13. The number of fused-ring (bicyclic) bond motifs is 1. The van der Waals surface area contributed by atoms with Crippen LogP contribution in [0.25, 0.3) is 0 Å². The molecule has 0 saturated heterocycles. The van der Waals surface area contributed by atoms with Crippen molar-refractivity contribution in [1.29, 1.82) is 0 Å².